The van der Waals surface area contributed by atoms with E-state index in [0.717, 1.165) is 5.56 Å². The molecule has 1 heterocycles. The lowest BCUT2D eigenvalue weighted by molar-refractivity contribution is -0.0273. The van der Waals surface area contributed by atoms with Gasteiger partial charge in [-0.3, -0.25) is 0 Å². The van der Waals surface area contributed by atoms with Gasteiger partial charge in [0.25, 0.3) is 0 Å². The zero-order valence-electron chi connectivity index (χ0n) is 12.5. The maximum absolute atomic E-state index is 10.2. The molecule has 1 fully saturated rings. The van der Waals surface area contributed by atoms with Gasteiger partial charge in [-0.25, -0.2) is 4.98 Å². The van der Waals surface area contributed by atoms with E-state index in [0.29, 0.717) is 25.3 Å². The summed E-state index contributed by atoms with van der Waals surface area (Å²) in [5.41, 5.74) is 6.67. The van der Waals surface area contributed by atoms with E-state index in [1.54, 1.807) is 6.07 Å². The highest BCUT2D eigenvalue weighted by molar-refractivity contribution is 6.29. The van der Waals surface area contributed by atoms with Crippen molar-refractivity contribution in [3.63, 3.8) is 0 Å². The largest absolute Gasteiger partial charge is 0.390 e. The molecule has 122 valence electrons. The first kappa shape index (κ1) is 16.0. The molecule has 3 atom stereocenters. The van der Waals surface area contributed by atoms with Gasteiger partial charge in [-0.2, -0.15) is 4.98 Å². The van der Waals surface area contributed by atoms with Crippen molar-refractivity contribution >= 4 is 23.4 Å². The van der Waals surface area contributed by atoms with Crippen LogP contribution in [0.15, 0.2) is 36.4 Å². The first-order valence-corrected chi connectivity index (χ1v) is 7.88. The number of anilines is 2. The summed E-state index contributed by atoms with van der Waals surface area (Å²) in [6.07, 6.45) is 0.560. The minimum Gasteiger partial charge on any atom is -0.390 e. The average molecular weight is 335 g/mol. The molecule has 0 radical (unpaired) electrons. The monoisotopic (exact) mass is 334 g/mol. The van der Waals surface area contributed by atoms with Crippen LogP contribution in [0.3, 0.4) is 0 Å². The van der Waals surface area contributed by atoms with E-state index in [4.69, 9.17) is 22.1 Å². The topological polar surface area (TPSA) is 93.3 Å². The fraction of sp³-hybridized carbons (Fsp3) is 0.375. The van der Waals surface area contributed by atoms with Crippen molar-refractivity contribution in [2.45, 2.75) is 37.7 Å². The number of aliphatic hydroxyl groups is 1. The molecule has 0 saturated heterocycles. The van der Waals surface area contributed by atoms with E-state index < -0.39 is 6.10 Å². The van der Waals surface area contributed by atoms with Crippen molar-refractivity contribution in [2.24, 2.45) is 0 Å². The third-order valence-electron chi connectivity index (χ3n) is 3.84. The minimum absolute atomic E-state index is 0.0520. The van der Waals surface area contributed by atoms with Crippen LogP contribution >= 0.6 is 11.6 Å². The van der Waals surface area contributed by atoms with Gasteiger partial charge in [0.2, 0.25) is 5.95 Å². The van der Waals surface area contributed by atoms with E-state index >= 15 is 0 Å². The Balaban J connectivity index is 1.55. The van der Waals surface area contributed by atoms with Crippen LogP contribution in [0.5, 0.6) is 0 Å². The summed E-state index contributed by atoms with van der Waals surface area (Å²) in [4.78, 5) is 7.91. The predicted molar refractivity (Wildman–Crippen MR) is 89.1 cm³/mol. The molecule has 1 aliphatic rings. The van der Waals surface area contributed by atoms with Crippen LogP contribution < -0.4 is 11.1 Å². The van der Waals surface area contributed by atoms with E-state index in [1.807, 2.05) is 30.3 Å². The zero-order chi connectivity index (χ0) is 16.2. The third kappa shape index (κ3) is 4.31. The highest BCUT2D eigenvalue weighted by atomic mass is 35.5. The molecule has 7 heteroatoms. The lowest BCUT2D eigenvalue weighted by Crippen LogP contribution is -2.22. The number of hydrogen-bond donors (Lipinski definition) is 3. The van der Waals surface area contributed by atoms with Crippen LogP contribution in [-0.4, -0.2) is 33.3 Å². The third-order valence-corrected chi connectivity index (χ3v) is 4.04. The van der Waals surface area contributed by atoms with Gasteiger partial charge in [-0.1, -0.05) is 41.9 Å². The molecule has 1 aromatic carbocycles. The van der Waals surface area contributed by atoms with Gasteiger partial charge in [0.05, 0.1) is 18.8 Å². The SMILES string of the molecule is Nc1nc(Cl)cc(N[C@H]2C[C@H](OCc3ccccc3)[C@@H](O)C2)n1. The second-order valence-corrected chi connectivity index (χ2v) is 6.04. The Labute approximate surface area is 139 Å². The number of nitrogens with two attached hydrogens (primary N) is 1. The Morgan fingerprint density at radius 1 is 1.26 bits per heavy atom. The lowest BCUT2D eigenvalue weighted by atomic mass is 10.2. The summed E-state index contributed by atoms with van der Waals surface area (Å²) in [6, 6.07) is 11.6. The minimum atomic E-state index is -0.508. The molecule has 0 aliphatic heterocycles. The maximum atomic E-state index is 10.2. The van der Waals surface area contributed by atoms with Gasteiger partial charge in [0, 0.05) is 12.1 Å². The van der Waals surface area contributed by atoms with Gasteiger partial charge in [0.15, 0.2) is 0 Å². The van der Waals surface area contributed by atoms with Crippen molar-refractivity contribution in [3.8, 4) is 0 Å². The van der Waals surface area contributed by atoms with Gasteiger partial charge in [0.1, 0.15) is 11.0 Å². The Morgan fingerprint density at radius 2 is 2.04 bits per heavy atom. The molecule has 1 aromatic heterocycles. The number of nitrogen functional groups attached to an aromatic ring is 1. The maximum Gasteiger partial charge on any atom is 0.223 e. The summed E-state index contributed by atoms with van der Waals surface area (Å²) in [5.74, 6) is 0.679. The molecule has 0 spiro atoms. The summed E-state index contributed by atoms with van der Waals surface area (Å²) in [5, 5.41) is 13.7. The molecular formula is C16H19ClN4O2. The summed E-state index contributed by atoms with van der Waals surface area (Å²) in [6.45, 7) is 0.488. The second kappa shape index (κ2) is 7.12. The van der Waals surface area contributed by atoms with Crippen LogP contribution in [0.25, 0.3) is 0 Å². The molecule has 6 nitrogen and oxygen atoms in total. The summed E-state index contributed by atoms with van der Waals surface area (Å²) < 4.78 is 5.84. The molecule has 1 saturated carbocycles. The fourth-order valence-corrected chi connectivity index (χ4v) is 2.96. The molecule has 23 heavy (non-hydrogen) atoms. The summed E-state index contributed by atoms with van der Waals surface area (Å²) >= 11 is 5.87. The van der Waals surface area contributed by atoms with Crippen molar-refractivity contribution in [2.75, 3.05) is 11.1 Å². The molecule has 0 bridgehead atoms. The zero-order valence-corrected chi connectivity index (χ0v) is 13.3. The van der Waals surface area contributed by atoms with E-state index in [2.05, 4.69) is 15.3 Å². The highest BCUT2D eigenvalue weighted by Gasteiger charge is 2.34. The number of nitrogens with one attached hydrogen (secondary N) is 1. The average Bonchev–Trinajstić information content (AvgIpc) is 2.85. The molecule has 0 amide bonds. The molecule has 3 rings (SSSR count). The van der Waals surface area contributed by atoms with E-state index in [1.165, 1.54) is 0 Å². The molecule has 0 unspecified atom stereocenters. The second-order valence-electron chi connectivity index (χ2n) is 5.65. The molecular weight excluding hydrogens is 316 g/mol. The molecule has 4 N–H and O–H groups in total. The lowest BCUT2D eigenvalue weighted by Gasteiger charge is -2.15. The summed E-state index contributed by atoms with van der Waals surface area (Å²) in [7, 11) is 0. The van der Waals surface area contributed by atoms with Gasteiger partial charge in [-0.15, -0.1) is 0 Å². The standard InChI is InChI=1S/C16H19ClN4O2/c17-14-8-15(21-16(18)20-14)19-11-6-12(22)13(7-11)23-9-10-4-2-1-3-5-10/h1-5,8,11-13,22H,6-7,9H2,(H3,18,19,20,21)/t11-,12+,13+/m1/s1. The van der Waals surface area contributed by atoms with Crippen LogP contribution in [0.2, 0.25) is 5.15 Å². The Hall–Kier alpha value is -1.89. The molecule has 2 aromatic rings. The van der Waals surface area contributed by atoms with Gasteiger partial charge < -0.3 is 20.9 Å². The smallest absolute Gasteiger partial charge is 0.223 e. The highest BCUT2D eigenvalue weighted by Crippen LogP contribution is 2.27. The Morgan fingerprint density at radius 3 is 2.78 bits per heavy atom. The number of aliphatic hydroxyl groups excluding tert-OH is 1. The van der Waals surface area contributed by atoms with Crippen molar-refractivity contribution in [1.29, 1.82) is 0 Å². The fourth-order valence-electron chi connectivity index (χ4n) is 2.77. The van der Waals surface area contributed by atoms with E-state index in [9.17, 15) is 5.11 Å². The van der Waals surface area contributed by atoms with Crippen LogP contribution in [0.4, 0.5) is 11.8 Å². The van der Waals surface area contributed by atoms with E-state index in [-0.39, 0.29) is 23.2 Å². The van der Waals surface area contributed by atoms with Crippen molar-refractivity contribution < 1.29 is 9.84 Å². The predicted octanol–water partition coefficient (Wildman–Crippen LogP) is 2.23. The number of rotatable bonds is 5. The number of ether oxygens (including phenoxy) is 1. The quantitative estimate of drug-likeness (QED) is 0.726. The number of benzene rings is 1. The Bertz CT molecular complexity index is 636. The van der Waals surface area contributed by atoms with Crippen molar-refractivity contribution in [3.05, 3.63) is 47.1 Å². The van der Waals surface area contributed by atoms with Crippen LogP contribution in [0.1, 0.15) is 18.4 Å². The van der Waals surface area contributed by atoms with Crippen LogP contribution in [-0.2, 0) is 11.3 Å². The molecule has 1 aliphatic carbocycles. The number of aromatic nitrogens is 2. The number of halogens is 1. The van der Waals surface area contributed by atoms with Crippen molar-refractivity contribution in [1.82, 2.24) is 9.97 Å². The first-order valence-electron chi connectivity index (χ1n) is 7.50. The van der Waals surface area contributed by atoms with Crippen LogP contribution in [0, 0.1) is 0 Å². The Kier molecular flexibility index (Phi) is 4.95. The van der Waals surface area contributed by atoms with Gasteiger partial charge in [-0.05, 0) is 18.4 Å². The number of nitrogens with zero attached hydrogens (tertiary/aromatic N) is 2. The van der Waals surface area contributed by atoms with Gasteiger partial charge >= 0.3 is 0 Å². The number of hydrogen-bond acceptors (Lipinski definition) is 6. The normalized spacial score (nSPS) is 23.8. The first-order chi connectivity index (χ1) is 11.1.